The number of rotatable bonds is 18. The smallest absolute Gasteiger partial charge is 0.372 e. The number of hydrogen-bond acceptors (Lipinski definition) is 13. The number of nitrogens with two attached hydrogens (primary N) is 3. The van der Waals surface area contributed by atoms with Crippen LogP contribution in [0.4, 0.5) is 40.8 Å². The van der Waals surface area contributed by atoms with Gasteiger partial charge in [0.05, 0.1) is 59.5 Å². The Balaban J connectivity index is 1.25. The quantitative estimate of drug-likeness (QED) is 0.0399. The fourth-order valence-corrected chi connectivity index (χ4v) is 7.88. The summed E-state index contributed by atoms with van der Waals surface area (Å²) in [6, 6.07) is 7.42. The third-order valence-electron chi connectivity index (χ3n) is 10.8. The molecule has 67 heavy (non-hydrogen) atoms. The number of anilines is 4. The number of amides is 4. The zero-order valence-corrected chi connectivity index (χ0v) is 37.1. The maximum atomic E-state index is 13.9. The highest BCUT2D eigenvalue weighted by atomic mass is 19.3. The van der Waals surface area contributed by atoms with Gasteiger partial charge >= 0.3 is 12.2 Å². The lowest BCUT2D eigenvalue weighted by molar-refractivity contribution is -0.404. The number of carbonyl (C=O) groups is 4. The molecule has 7 rings (SSSR count). The molecule has 0 unspecified atom stereocenters. The number of nitrogens with zero attached hydrogens (tertiary/aromatic N) is 9. The van der Waals surface area contributed by atoms with E-state index >= 15 is 0 Å². The first-order valence-corrected chi connectivity index (χ1v) is 21.0. The van der Waals surface area contributed by atoms with E-state index in [9.17, 15) is 36.7 Å². The summed E-state index contributed by atoms with van der Waals surface area (Å²) in [5.74, 6) is -2.33. The van der Waals surface area contributed by atoms with Gasteiger partial charge in [-0.2, -0.15) is 27.8 Å². The summed E-state index contributed by atoms with van der Waals surface area (Å²) in [4.78, 5) is 62.7. The Bertz CT molecular complexity index is 2920. The summed E-state index contributed by atoms with van der Waals surface area (Å²) in [7, 11) is 1.40. The molecular weight excluding hydrogens is 887 g/mol. The summed E-state index contributed by atoms with van der Waals surface area (Å²) < 4.78 is 71.3. The van der Waals surface area contributed by atoms with Crippen LogP contribution in [0.2, 0.25) is 0 Å². The number of fused-ring (bicyclic) bond motifs is 2. The van der Waals surface area contributed by atoms with Gasteiger partial charge in [0.15, 0.2) is 0 Å². The van der Waals surface area contributed by atoms with E-state index in [1.54, 1.807) is 48.1 Å². The van der Waals surface area contributed by atoms with Crippen molar-refractivity contribution in [3.05, 3.63) is 76.4 Å². The number of halogens is 4. The fraction of sp³-hybridized carbons (Fsp3) is 0.381. The Hall–Kier alpha value is -7.54. The number of aromatic nitrogens is 8. The van der Waals surface area contributed by atoms with Gasteiger partial charge in [0, 0.05) is 50.4 Å². The van der Waals surface area contributed by atoms with Crippen LogP contribution in [-0.2, 0) is 30.9 Å². The highest BCUT2D eigenvalue weighted by Crippen LogP contribution is 2.35. The third-order valence-corrected chi connectivity index (χ3v) is 10.8. The molecule has 0 radical (unpaired) electrons. The first-order valence-electron chi connectivity index (χ1n) is 21.0. The highest BCUT2D eigenvalue weighted by molar-refractivity contribution is 6.08. The number of hydrogen-bond donors (Lipinski definition) is 6. The van der Waals surface area contributed by atoms with E-state index in [1.165, 1.54) is 40.7 Å². The van der Waals surface area contributed by atoms with E-state index in [4.69, 9.17) is 21.9 Å². The van der Waals surface area contributed by atoms with Gasteiger partial charge in [-0.25, -0.2) is 9.97 Å². The van der Waals surface area contributed by atoms with Crippen LogP contribution in [0.15, 0.2) is 42.5 Å². The van der Waals surface area contributed by atoms with Crippen molar-refractivity contribution in [1.82, 2.24) is 43.6 Å². The second-order valence-corrected chi connectivity index (χ2v) is 15.7. The van der Waals surface area contributed by atoms with Gasteiger partial charge in [-0.15, -0.1) is 0 Å². The van der Waals surface area contributed by atoms with Crippen LogP contribution in [-0.4, -0.2) is 113 Å². The number of allylic oxidation sites excluding steroid dienone is 2. The van der Waals surface area contributed by atoms with Crippen molar-refractivity contribution >= 4 is 69.0 Å². The van der Waals surface area contributed by atoms with Gasteiger partial charge in [0.1, 0.15) is 22.7 Å². The summed E-state index contributed by atoms with van der Waals surface area (Å²) in [6.45, 7) is 5.72. The van der Waals surface area contributed by atoms with Gasteiger partial charge in [-0.1, -0.05) is 12.2 Å². The van der Waals surface area contributed by atoms with Crippen molar-refractivity contribution in [3.63, 3.8) is 0 Å². The first kappa shape index (κ1) is 47.4. The number of nitrogens with one attached hydrogen (secondary N) is 3. The molecule has 4 aromatic heterocycles. The lowest BCUT2D eigenvalue weighted by atomic mass is 10.1. The predicted molar refractivity (Wildman–Crippen MR) is 238 cm³/mol. The molecular formula is C42H49F4N15O6. The largest absolute Gasteiger partial charge is 0.494 e. The molecule has 0 spiro atoms. The Morgan fingerprint density at radius 2 is 1.37 bits per heavy atom. The van der Waals surface area contributed by atoms with E-state index in [2.05, 4.69) is 40.9 Å². The lowest BCUT2D eigenvalue weighted by Crippen LogP contribution is -2.55. The second kappa shape index (κ2) is 18.7. The maximum Gasteiger partial charge on any atom is 0.372 e. The molecule has 25 heteroatoms. The van der Waals surface area contributed by atoms with Crippen LogP contribution in [0.5, 0.6) is 5.75 Å². The molecule has 2 aromatic carbocycles. The Kier molecular flexibility index (Phi) is 13.3. The maximum absolute atomic E-state index is 13.9. The summed E-state index contributed by atoms with van der Waals surface area (Å²) in [5, 5.41) is 17.6. The number of nitrogen functional groups attached to an aromatic ring is 1. The molecule has 0 aliphatic carbocycles. The molecule has 9 N–H and O–H groups in total. The monoisotopic (exact) mass is 935 g/mol. The number of primary amides is 2. The lowest BCUT2D eigenvalue weighted by Gasteiger charge is -2.36. The number of ether oxygens (including phenoxy) is 2. The van der Waals surface area contributed by atoms with E-state index in [-0.39, 0.29) is 89.5 Å². The number of methoxy groups -OCH3 is 1. The average Bonchev–Trinajstić information content (AvgIpc) is 4.00. The van der Waals surface area contributed by atoms with Crippen molar-refractivity contribution in [2.24, 2.45) is 11.5 Å². The zero-order chi connectivity index (χ0) is 48.5. The van der Waals surface area contributed by atoms with Crippen LogP contribution >= 0.6 is 0 Å². The normalized spacial score (nSPS) is 14.8. The standard InChI is InChI=1S/C42H49F4N15O6/c1-6-60-29(15-22(3)55-60)37(64)53-39-51-27-17-24(35(48)62)16-26(50-11-10-12-57-20-41(43,44)67-42(45,46)21-57)32(27)58(39)13-8-9-14-59-33-28(18-25(36(49)63)19-30(33)66-5)52-40(59)54-38(65)34-31(47)23(4)56-61(34)7-2/h8-9,15-19,50H,6-7,10-14,20-21,47H2,1-5H3,(H2,48,62)(H2,49,63)(H,51,53,64)(H,52,54,65)/b9-8+. The third kappa shape index (κ3) is 10.0. The van der Waals surface area contributed by atoms with Gasteiger partial charge in [-0.3, -0.25) is 48.8 Å². The minimum atomic E-state index is -4.04. The van der Waals surface area contributed by atoms with E-state index in [1.807, 2.05) is 6.92 Å². The molecule has 21 nitrogen and oxygen atoms in total. The fourth-order valence-electron chi connectivity index (χ4n) is 7.88. The van der Waals surface area contributed by atoms with Crippen LogP contribution in [0.1, 0.15) is 73.3 Å². The molecule has 0 bridgehead atoms. The van der Waals surface area contributed by atoms with Crippen molar-refractivity contribution in [3.8, 4) is 5.75 Å². The van der Waals surface area contributed by atoms with E-state index in [0.29, 0.717) is 41.2 Å². The molecule has 1 fully saturated rings. The Morgan fingerprint density at radius 1 is 0.806 bits per heavy atom. The number of benzene rings is 2. The molecule has 1 aliphatic heterocycles. The Labute approximate surface area is 379 Å². The number of aryl methyl sites for hydroxylation is 4. The number of imidazole rings is 2. The highest BCUT2D eigenvalue weighted by Gasteiger charge is 2.51. The van der Waals surface area contributed by atoms with E-state index in [0.717, 1.165) is 4.90 Å². The van der Waals surface area contributed by atoms with Gasteiger partial charge in [0.25, 0.3) is 11.8 Å². The van der Waals surface area contributed by atoms with Crippen LogP contribution < -0.4 is 37.9 Å². The molecule has 356 valence electrons. The minimum Gasteiger partial charge on any atom is -0.494 e. The van der Waals surface area contributed by atoms with Gasteiger partial charge in [-0.05, 0) is 64.4 Å². The van der Waals surface area contributed by atoms with Gasteiger partial charge in [0.2, 0.25) is 23.7 Å². The second-order valence-electron chi connectivity index (χ2n) is 15.7. The van der Waals surface area contributed by atoms with E-state index < -0.39 is 48.9 Å². The topological polar surface area (TPSA) is 275 Å². The predicted octanol–water partition coefficient (Wildman–Crippen LogP) is 4.31. The first-order chi connectivity index (χ1) is 31.7. The molecule has 6 aromatic rings. The Morgan fingerprint density at radius 3 is 1.96 bits per heavy atom. The molecule has 4 amide bonds. The minimum absolute atomic E-state index is 0.0174. The van der Waals surface area contributed by atoms with Crippen LogP contribution in [0.25, 0.3) is 22.1 Å². The summed E-state index contributed by atoms with van der Waals surface area (Å²) >= 11 is 0. The average molecular weight is 936 g/mol. The molecule has 0 atom stereocenters. The van der Waals surface area contributed by atoms with Crippen molar-refractivity contribution < 1.29 is 46.2 Å². The number of carbonyl (C=O) groups excluding carboxylic acids is 4. The molecule has 0 saturated carbocycles. The van der Waals surface area contributed by atoms with Gasteiger partial charge < -0.3 is 36.4 Å². The number of alkyl halides is 4. The molecule has 1 aliphatic rings. The van der Waals surface area contributed by atoms with Crippen molar-refractivity contribution in [1.29, 1.82) is 0 Å². The van der Waals surface area contributed by atoms with Crippen molar-refractivity contribution in [2.45, 2.75) is 72.5 Å². The summed E-state index contributed by atoms with van der Waals surface area (Å²) in [5.41, 5.74) is 21.0. The zero-order valence-electron chi connectivity index (χ0n) is 37.1. The molecule has 5 heterocycles. The van der Waals surface area contributed by atoms with Crippen molar-refractivity contribution in [2.75, 3.05) is 55.0 Å². The molecule has 1 saturated heterocycles. The SMILES string of the molecule is CCn1nc(C)cc1C(=O)Nc1nc2cc(C(N)=O)cc(NCCCN3CC(F)(F)OC(F)(F)C3)c2n1C/C=C/Cn1c(NC(=O)c2c(N)c(C)nn2CC)nc2cc(C(N)=O)cc(OC)c21. The number of morpholine rings is 1. The summed E-state index contributed by atoms with van der Waals surface area (Å²) in [6.07, 6.45) is -4.50. The van der Waals surface area contributed by atoms with Crippen LogP contribution in [0, 0.1) is 13.8 Å². The van der Waals surface area contributed by atoms with Crippen LogP contribution in [0.3, 0.4) is 0 Å².